The molecule has 3 rings (SSSR count). The molecular weight excluding hydrogens is 306 g/mol. The van der Waals surface area contributed by atoms with Crippen LogP contribution in [0, 0.1) is 0 Å². The van der Waals surface area contributed by atoms with Gasteiger partial charge in [-0.15, -0.1) is 0 Å². The lowest BCUT2D eigenvalue weighted by molar-refractivity contribution is 0.101. The number of nitrogens with zero attached hydrogens (tertiary/aromatic N) is 2. The summed E-state index contributed by atoms with van der Waals surface area (Å²) in [6, 6.07) is 13.0. The number of carbonyl (C=O) groups excluding carboxylic acids is 1. The molecule has 0 radical (unpaired) electrons. The van der Waals surface area contributed by atoms with Gasteiger partial charge < -0.3 is 14.8 Å². The number of para-hydroxylation sites is 1. The number of nitrogens with one attached hydrogen (secondary N) is 1. The van der Waals surface area contributed by atoms with Crippen LogP contribution >= 0.6 is 0 Å². The van der Waals surface area contributed by atoms with Gasteiger partial charge in [0.25, 0.3) is 5.91 Å². The Bertz CT molecular complexity index is 852. The van der Waals surface area contributed by atoms with Crippen LogP contribution in [0.25, 0.3) is 10.9 Å². The highest BCUT2D eigenvalue weighted by molar-refractivity contribution is 6.06. The van der Waals surface area contributed by atoms with Crippen molar-refractivity contribution in [2.24, 2.45) is 0 Å². The number of pyridine rings is 2. The fraction of sp³-hybridized carbons (Fsp3) is 0.167. The Morgan fingerprint density at radius 1 is 1.12 bits per heavy atom. The van der Waals surface area contributed by atoms with E-state index in [-0.39, 0.29) is 11.8 Å². The van der Waals surface area contributed by atoms with E-state index >= 15 is 0 Å². The molecule has 0 saturated heterocycles. The molecule has 0 fully saturated rings. The number of anilines is 1. The molecule has 0 saturated carbocycles. The van der Waals surface area contributed by atoms with E-state index in [2.05, 4.69) is 15.3 Å². The van der Waals surface area contributed by atoms with Crippen molar-refractivity contribution in [2.75, 3.05) is 25.6 Å². The van der Waals surface area contributed by atoms with Crippen LogP contribution in [0.15, 0.2) is 54.9 Å². The minimum atomic E-state index is -0.299. The minimum absolute atomic E-state index is 0.279. The third-order valence-corrected chi connectivity index (χ3v) is 3.39. The standard InChI is InChI=1S/C18H17N3O3/c1-23-9-10-24-18-15(6-4-8-19-18)17(22)21-14-11-13-5-2-3-7-16(13)20-12-14/h2-8,11-12H,9-10H2,1H3,(H,21,22). The van der Waals surface area contributed by atoms with E-state index in [1.165, 1.54) is 0 Å². The van der Waals surface area contributed by atoms with Gasteiger partial charge in [-0.05, 0) is 24.3 Å². The van der Waals surface area contributed by atoms with Gasteiger partial charge in [-0.25, -0.2) is 4.98 Å². The highest BCUT2D eigenvalue weighted by Gasteiger charge is 2.14. The number of aromatic nitrogens is 2. The number of carbonyl (C=O) groups is 1. The second-order valence-corrected chi connectivity index (χ2v) is 5.07. The van der Waals surface area contributed by atoms with Gasteiger partial charge >= 0.3 is 0 Å². The maximum Gasteiger partial charge on any atom is 0.261 e. The minimum Gasteiger partial charge on any atom is -0.475 e. The lowest BCUT2D eigenvalue weighted by Gasteiger charge is -2.10. The van der Waals surface area contributed by atoms with E-state index in [1.54, 1.807) is 31.6 Å². The fourth-order valence-electron chi connectivity index (χ4n) is 2.24. The van der Waals surface area contributed by atoms with Crippen molar-refractivity contribution >= 4 is 22.5 Å². The summed E-state index contributed by atoms with van der Waals surface area (Å²) >= 11 is 0. The summed E-state index contributed by atoms with van der Waals surface area (Å²) in [4.78, 5) is 21.0. The molecule has 2 aromatic heterocycles. The van der Waals surface area contributed by atoms with Crippen LogP contribution in [0.1, 0.15) is 10.4 Å². The van der Waals surface area contributed by atoms with Gasteiger partial charge in [-0.3, -0.25) is 9.78 Å². The molecule has 6 nitrogen and oxygen atoms in total. The molecule has 122 valence electrons. The molecule has 0 aliphatic rings. The lowest BCUT2D eigenvalue weighted by atomic mass is 10.2. The molecule has 24 heavy (non-hydrogen) atoms. The van der Waals surface area contributed by atoms with Crippen LogP contribution in [0.2, 0.25) is 0 Å². The third-order valence-electron chi connectivity index (χ3n) is 3.39. The Balaban J connectivity index is 1.78. The smallest absolute Gasteiger partial charge is 0.261 e. The van der Waals surface area contributed by atoms with E-state index in [1.807, 2.05) is 30.3 Å². The average molecular weight is 323 g/mol. The molecule has 0 aliphatic heterocycles. The number of rotatable bonds is 6. The van der Waals surface area contributed by atoms with Gasteiger partial charge in [0.1, 0.15) is 12.2 Å². The van der Waals surface area contributed by atoms with Crippen molar-refractivity contribution in [2.45, 2.75) is 0 Å². The zero-order valence-corrected chi connectivity index (χ0v) is 13.2. The summed E-state index contributed by atoms with van der Waals surface area (Å²) in [5.74, 6) is -0.0200. The Labute approximate surface area is 139 Å². The third kappa shape index (κ3) is 3.67. The number of benzene rings is 1. The van der Waals surface area contributed by atoms with Crippen LogP contribution in [-0.2, 0) is 4.74 Å². The van der Waals surface area contributed by atoms with Gasteiger partial charge in [-0.2, -0.15) is 0 Å². The van der Waals surface area contributed by atoms with E-state index < -0.39 is 0 Å². The van der Waals surface area contributed by atoms with E-state index in [0.717, 1.165) is 10.9 Å². The second kappa shape index (κ2) is 7.52. The van der Waals surface area contributed by atoms with Crippen molar-refractivity contribution < 1.29 is 14.3 Å². The van der Waals surface area contributed by atoms with E-state index in [9.17, 15) is 4.79 Å². The zero-order chi connectivity index (χ0) is 16.8. The molecule has 1 aromatic carbocycles. The Morgan fingerprint density at radius 3 is 2.88 bits per heavy atom. The molecule has 2 heterocycles. The van der Waals surface area contributed by atoms with Gasteiger partial charge in [0.05, 0.1) is 24.0 Å². The predicted octanol–water partition coefficient (Wildman–Crippen LogP) is 2.91. The average Bonchev–Trinajstić information content (AvgIpc) is 2.62. The first-order chi connectivity index (χ1) is 11.8. The highest BCUT2D eigenvalue weighted by atomic mass is 16.5. The fourth-order valence-corrected chi connectivity index (χ4v) is 2.24. The summed E-state index contributed by atoms with van der Waals surface area (Å²) < 4.78 is 10.4. The topological polar surface area (TPSA) is 73.3 Å². The molecule has 1 N–H and O–H groups in total. The van der Waals surface area contributed by atoms with Crippen LogP contribution < -0.4 is 10.1 Å². The predicted molar refractivity (Wildman–Crippen MR) is 91.3 cm³/mol. The quantitative estimate of drug-likeness (QED) is 0.706. The van der Waals surface area contributed by atoms with Crippen LogP contribution in [0.3, 0.4) is 0 Å². The number of hydrogen-bond donors (Lipinski definition) is 1. The summed E-state index contributed by atoms with van der Waals surface area (Å²) in [6.07, 6.45) is 3.21. The first-order valence-corrected chi connectivity index (χ1v) is 7.51. The molecule has 0 aliphatic carbocycles. The zero-order valence-electron chi connectivity index (χ0n) is 13.2. The Morgan fingerprint density at radius 2 is 2.00 bits per heavy atom. The largest absolute Gasteiger partial charge is 0.475 e. The summed E-state index contributed by atoms with van der Waals surface area (Å²) in [5.41, 5.74) is 1.85. The second-order valence-electron chi connectivity index (χ2n) is 5.07. The van der Waals surface area contributed by atoms with Crippen LogP contribution in [0.5, 0.6) is 5.88 Å². The molecule has 0 unspecified atom stereocenters. The number of ether oxygens (including phenoxy) is 2. The van der Waals surface area contributed by atoms with E-state index in [4.69, 9.17) is 9.47 Å². The monoisotopic (exact) mass is 323 g/mol. The van der Waals surface area contributed by atoms with Crippen LogP contribution in [-0.4, -0.2) is 36.2 Å². The Kier molecular flexibility index (Phi) is 4.98. The maximum atomic E-state index is 12.5. The molecule has 1 amide bonds. The molecule has 0 spiro atoms. The number of hydrogen-bond acceptors (Lipinski definition) is 5. The summed E-state index contributed by atoms with van der Waals surface area (Å²) in [5, 5.41) is 3.79. The first-order valence-electron chi connectivity index (χ1n) is 7.51. The van der Waals surface area contributed by atoms with Gasteiger partial charge in [0.15, 0.2) is 0 Å². The molecular formula is C18H17N3O3. The van der Waals surface area contributed by atoms with E-state index in [0.29, 0.717) is 24.5 Å². The molecule has 0 bridgehead atoms. The summed E-state index contributed by atoms with van der Waals surface area (Å²) in [7, 11) is 1.59. The normalized spacial score (nSPS) is 10.5. The summed E-state index contributed by atoms with van der Waals surface area (Å²) in [6.45, 7) is 0.748. The SMILES string of the molecule is COCCOc1ncccc1C(=O)Nc1cnc2ccccc2c1. The molecule has 0 atom stereocenters. The van der Waals surface area contributed by atoms with Crippen molar-refractivity contribution in [1.29, 1.82) is 0 Å². The lowest BCUT2D eigenvalue weighted by Crippen LogP contribution is -2.15. The number of amides is 1. The number of methoxy groups -OCH3 is 1. The Hall–Kier alpha value is -2.99. The van der Waals surface area contributed by atoms with Crippen molar-refractivity contribution in [1.82, 2.24) is 9.97 Å². The van der Waals surface area contributed by atoms with Crippen LogP contribution in [0.4, 0.5) is 5.69 Å². The van der Waals surface area contributed by atoms with Gasteiger partial charge in [0, 0.05) is 18.7 Å². The first kappa shape index (κ1) is 15.9. The highest BCUT2D eigenvalue weighted by Crippen LogP contribution is 2.19. The van der Waals surface area contributed by atoms with Gasteiger partial charge in [0.2, 0.25) is 5.88 Å². The van der Waals surface area contributed by atoms with Crippen molar-refractivity contribution in [3.63, 3.8) is 0 Å². The van der Waals surface area contributed by atoms with Crippen molar-refractivity contribution in [3.05, 3.63) is 60.4 Å². The van der Waals surface area contributed by atoms with Gasteiger partial charge in [-0.1, -0.05) is 18.2 Å². The maximum absolute atomic E-state index is 12.5. The molecule has 6 heteroatoms. The van der Waals surface area contributed by atoms with Crippen molar-refractivity contribution in [3.8, 4) is 5.88 Å². The molecule has 3 aromatic rings. The number of fused-ring (bicyclic) bond motifs is 1.